The van der Waals surface area contributed by atoms with Crippen LogP contribution >= 0.6 is 0 Å². The minimum absolute atomic E-state index is 0.0163. The van der Waals surface area contributed by atoms with Gasteiger partial charge in [0.25, 0.3) is 10.0 Å². The lowest BCUT2D eigenvalue weighted by Gasteiger charge is -2.11. The van der Waals surface area contributed by atoms with Gasteiger partial charge in [-0.1, -0.05) is 6.07 Å². The zero-order chi connectivity index (χ0) is 19.8. The maximum atomic E-state index is 14.0. The Kier molecular flexibility index (Phi) is 4.88. The van der Waals surface area contributed by atoms with Crippen LogP contribution in [0.3, 0.4) is 0 Å². The summed E-state index contributed by atoms with van der Waals surface area (Å²) < 4.78 is 46.0. The molecule has 0 fully saturated rings. The number of fused-ring (bicyclic) bond motifs is 1. The monoisotopic (exact) mass is 392 g/mol. The summed E-state index contributed by atoms with van der Waals surface area (Å²) in [5.41, 5.74) is 1.24. The maximum absolute atomic E-state index is 14.0. The second-order valence-corrected chi connectivity index (χ2v) is 7.78. The largest absolute Gasteiger partial charge is 0.465 e. The summed E-state index contributed by atoms with van der Waals surface area (Å²) in [6.07, 6.45) is 0. The summed E-state index contributed by atoms with van der Waals surface area (Å²) in [5, 5.41) is 0. The van der Waals surface area contributed by atoms with Crippen LogP contribution in [0, 0.1) is 5.82 Å². The van der Waals surface area contributed by atoms with E-state index < -0.39 is 21.8 Å². The number of methoxy groups -OCH3 is 1. The second kappa shape index (κ2) is 6.99. The Labute approximate surface area is 155 Å². The van der Waals surface area contributed by atoms with Crippen molar-refractivity contribution in [2.45, 2.75) is 24.9 Å². The molecule has 0 unspecified atom stereocenters. The van der Waals surface area contributed by atoms with E-state index >= 15 is 0 Å². The number of amides is 1. The first kappa shape index (κ1) is 18.8. The minimum atomic E-state index is -4.09. The zero-order valence-electron chi connectivity index (χ0n) is 14.7. The van der Waals surface area contributed by atoms with Gasteiger partial charge >= 0.3 is 5.97 Å². The third kappa shape index (κ3) is 3.77. The molecule has 2 aromatic rings. The van der Waals surface area contributed by atoms with Gasteiger partial charge in [-0.05, 0) is 41.5 Å². The fourth-order valence-corrected chi connectivity index (χ4v) is 3.92. The van der Waals surface area contributed by atoms with E-state index in [0.717, 1.165) is 23.3 Å². The van der Waals surface area contributed by atoms with Crippen molar-refractivity contribution in [1.29, 1.82) is 0 Å². The number of carbonyl (C=O) groups excluding carboxylic acids is 2. The number of carbonyl (C=O) groups is 2. The Morgan fingerprint density at radius 2 is 1.81 bits per heavy atom. The highest BCUT2D eigenvalue weighted by Crippen LogP contribution is 2.27. The smallest absolute Gasteiger partial charge is 0.337 e. The number of esters is 1. The number of ether oxygens (including phenoxy) is 1. The molecule has 142 valence electrons. The van der Waals surface area contributed by atoms with E-state index in [0.29, 0.717) is 13.1 Å². The van der Waals surface area contributed by atoms with Gasteiger partial charge in [-0.2, -0.15) is 0 Å². The van der Waals surface area contributed by atoms with Gasteiger partial charge in [0.2, 0.25) is 5.91 Å². The lowest BCUT2D eigenvalue weighted by Crippen LogP contribution is -2.21. The Hall–Kier alpha value is -2.94. The van der Waals surface area contributed by atoms with Crippen LogP contribution in [0.2, 0.25) is 0 Å². The van der Waals surface area contributed by atoms with Gasteiger partial charge in [0.05, 0.1) is 23.3 Å². The highest BCUT2D eigenvalue weighted by Gasteiger charge is 2.24. The van der Waals surface area contributed by atoms with Crippen LogP contribution in [0.25, 0.3) is 0 Å². The van der Waals surface area contributed by atoms with Gasteiger partial charge in [0, 0.05) is 20.0 Å². The van der Waals surface area contributed by atoms with Gasteiger partial charge in [0.15, 0.2) is 0 Å². The minimum Gasteiger partial charge on any atom is -0.465 e. The number of hydrogen-bond donors (Lipinski definition) is 1. The molecule has 7 nitrogen and oxygen atoms in total. The van der Waals surface area contributed by atoms with Crippen molar-refractivity contribution in [3.8, 4) is 0 Å². The van der Waals surface area contributed by atoms with Gasteiger partial charge in [0.1, 0.15) is 5.82 Å². The van der Waals surface area contributed by atoms with Crippen LogP contribution in [0.5, 0.6) is 0 Å². The highest BCUT2D eigenvalue weighted by atomic mass is 32.2. The first-order chi connectivity index (χ1) is 12.7. The summed E-state index contributed by atoms with van der Waals surface area (Å²) in [5.74, 6) is -1.64. The molecule has 0 saturated carbocycles. The first-order valence-electron chi connectivity index (χ1n) is 7.99. The topological polar surface area (TPSA) is 92.8 Å². The van der Waals surface area contributed by atoms with Gasteiger partial charge in [-0.15, -0.1) is 0 Å². The lowest BCUT2D eigenvalue weighted by atomic mass is 10.1. The molecule has 1 N–H and O–H groups in total. The molecular weight excluding hydrogens is 375 g/mol. The lowest BCUT2D eigenvalue weighted by molar-refractivity contribution is -0.129. The molecule has 0 aliphatic carbocycles. The van der Waals surface area contributed by atoms with Crippen molar-refractivity contribution in [3.05, 3.63) is 58.9 Å². The normalized spacial score (nSPS) is 13.2. The van der Waals surface area contributed by atoms with Crippen LogP contribution in [-0.2, 0) is 32.6 Å². The molecular formula is C18H17FN2O5S. The third-order valence-electron chi connectivity index (χ3n) is 4.29. The van der Waals surface area contributed by atoms with Crippen molar-refractivity contribution >= 4 is 27.6 Å². The van der Waals surface area contributed by atoms with Gasteiger partial charge in [-0.3, -0.25) is 9.52 Å². The molecule has 1 aliphatic heterocycles. The molecule has 0 atom stereocenters. The van der Waals surface area contributed by atoms with Crippen LogP contribution in [-0.4, -0.2) is 32.3 Å². The average molecular weight is 392 g/mol. The number of rotatable bonds is 4. The highest BCUT2D eigenvalue weighted by molar-refractivity contribution is 7.92. The molecule has 0 aromatic heterocycles. The van der Waals surface area contributed by atoms with E-state index in [-0.39, 0.29) is 22.1 Å². The molecule has 0 saturated heterocycles. The fourth-order valence-electron chi connectivity index (χ4n) is 2.81. The second-order valence-electron chi connectivity index (χ2n) is 6.10. The van der Waals surface area contributed by atoms with E-state index in [1.54, 1.807) is 11.0 Å². The number of anilines is 1. The number of hydrogen-bond acceptors (Lipinski definition) is 5. The molecule has 1 amide bonds. The van der Waals surface area contributed by atoms with E-state index in [4.69, 9.17) is 0 Å². The fraction of sp³-hybridized carbons (Fsp3) is 0.222. The van der Waals surface area contributed by atoms with E-state index in [2.05, 4.69) is 9.46 Å². The van der Waals surface area contributed by atoms with Crippen LogP contribution in [0.15, 0.2) is 41.3 Å². The van der Waals surface area contributed by atoms with Crippen LogP contribution in [0.4, 0.5) is 10.1 Å². The van der Waals surface area contributed by atoms with Gasteiger partial charge in [-0.25, -0.2) is 17.6 Å². The van der Waals surface area contributed by atoms with Crippen LogP contribution in [0.1, 0.15) is 28.4 Å². The number of benzene rings is 2. The number of sulfonamides is 1. The molecule has 0 bridgehead atoms. The maximum Gasteiger partial charge on any atom is 0.337 e. The molecule has 1 heterocycles. The predicted molar refractivity (Wildman–Crippen MR) is 94.9 cm³/mol. The molecule has 1 aliphatic rings. The Morgan fingerprint density at radius 1 is 1.11 bits per heavy atom. The molecule has 9 heteroatoms. The first-order valence-corrected chi connectivity index (χ1v) is 9.47. The third-order valence-corrected chi connectivity index (χ3v) is 5.65. The van der Waals surface area contributed by atoms with Crippen molar-refractivity contribution in [2.24, 2.45) is 0 Å². The summed E-state index contributed by atoms with van der Waals surface area (Å²) in [6, 6.07) is 7.75. The SMILES string of the molecule is COC(=O)c1ccc(F)c(NS(=O)(=O)c2ccc3c(c2)CN(C(C)=O)C3)c1. The summed E-state index contributed by atoms with van der Waals surface area (Å²) in [7, 11) is -2.92. The van der Waals surface area contributed by atoms with Crippen molar-refractivity contribution in [1.82, 2.24) is 4.90 Å². The quantitative estimate of drug-likeness (QED) is 0.806. The number of halogens is 1. The average Bonchev–Trinajstić information content (AvgIpc) is 3.06. The molecule has 0 spiro atoms. The standard InChI is InChI=1S/C18H17FN2O5S/c1-11(22)21-9-13-3-5-15(7-14(13)10-21)27(24,25)20-17-8-12(18(23)26-2)4-6-16(17)19/h3-8,20H,9-10H2,1-2H3. The summed E-state index contributed by atoms with van der Waals surface area (Å²) >= 11 is 0. The molecule has 27 heavy (non-hydrogen) atoms. The Bertz CT molecular complexity index is 1040. The van der Waals surface area contributed by atoms with Crippen molar-refractivity contribution in [3.63, 3.8) is 0 Å². The summed E-state index contributed by atoms with van der Waals surface area (Å²) in [6.45, 7) is 2.19. The summed E-state index contributed by atoms with van der Waals surface area (Å²) in [4.78, 5) is 24.6. The van der Waals surface area contributed by atoms with Crippen molar-refractivity contribution < 1.29 is 27.1 Å². The number of nitrogens with zero attached hydrogens (tertiary/aromatic N) is 1. The van der Waals surface area contributed by atoms with Crippen LogP contribution < -0.4 is 4.72 Å². The molecule has 0 radical (unpaired) electrons. The predicted octanol–water partition coefficient (Wildman–Crippen LogP) is 2.28. The zero-order valence-corrected chi connectivity index (χ0v) is 15.5. The van der Waals surface area contributed by atoms with E-state index in [1.165, 1.54) is 32.2 Å². The molecule has 3 rings (SSSR count). The van der Waals surface area contributed by atoms with E-state index in [1.807, 2.05) is 0 Å². The van der Waals surface area contributed by atoms with E-state index in [9.17, 15) is 22.4 Å². The Balaban J connectivity index is 1.90. The van der Waals surface area contributed by atoms with Crippen molar-refractivity contribution in [2.75, 3.05) is 11.8 Å². The number of nitrogens with one attached hydrogen (secondary N) is 1. The molecule has 2 aromatic carbocycles. The van der Waals surface area contributed by atoms with Gasteiger partial charge < -0.3 is 9.64 Å². The Morgan fingerprint density at radius 3 is 2.48 bits per heavy atom.